The maximum atomic E-state index is 13.3. The van der Waals surface area contributed by atoms with Gasteiger partial charge in [0.15, 0.2) is 0 Å². The second-order valence-electron chi connectivity index (χ2n) is 4.42. The molecular weight excluding hydrogens is 195 g/mol. The second-order valence-corrected chi connectivity index (χ2v) is 4.42. The summed E-state index contributed by atoms with van der Waals surface area (Å²) in [5.74, 6) is -0.372. The predicted octanol–water partition coefficient (Wildman–Crippen LogP) is 1.84. The van der Waals surface area contributed by atoms with Crippen molar-refractivity contribution in [2.45, 2.75) is 13.8 Å². The first-order valence-corrected chi connectivity index (χ1v) is 4.84. The van der Waals surface area contributed by atoms with Crippen LogP contribution in [-0.4, -0.2) is 18.3 Å². The van der Waals surface area contributed by atoms with Crippen molar-refractivity contribution in [3.05, 3.63) is 24.0 Å². The zero-order valence-electron chi connectivity index (χ0n) is 9.05. The molecule has 1 aromatic rings. The van der Waals surface area contributed by atoms with E-state index in [0.29, 0.717) is 17.9 Å². The summed E-state index contributed by atoms with van der Waals surface area (Å²) in [7, 11) is 0. The van der Waals surface area contributed by atoms with E-state index in [1.54, 1.807) is 12.1 Å². The van der Waals surface area contributed by atoms with Crippen LogP contribution in [0.5, 0.6) is 0 Å². The minimum absolute atomic E-state index is 0.0522. The summed E-state index contributed by atoms with van der Waals surface area (Å²) in [6.07, 6.45) is 0. The molecule has 1 aromatic carbocycles. The van der Waals surface area contributed by atoms with Crippen LogP contribution < -0.4 is 11.1 Å². The third-order valence-electron chi connectivity index (χ3n) is 2.18. The van der Waals surface area contributed by atoms with Crippen molar-refractivity contribution >= 4 is 11.4 Å². The summed E-state index contributed by atoms with van der Waals surface area (Å²) in [5, 5.41) is 12.0. The summed E-state index contributed by atoms with van der Waals surface area (Å²) in [4.78, 5) is 0. The van der Waals surface area contributed by atoms with E-state index in [0.717, 1.165) is 0 Å². The molecule has 0 atom stereocenters. The van der Waals surface area contributed by atoms with Gasteiger partial charge in [-0.1, -0.05) is 13.8 Å². The Bertz CT molecular complexity index is 339. The standard InChI is InChI=1S/C11H17FN2O/c1-11(2,7-15)6-14-10-4-3-8(13)5-9(10)12/h3-5,14-15H,6-7,13H2,1-2H3. The van der Waals surface area contributed by atoms with Gasteiger partial charge in [0.25, 0.3) is 0 Å². The first kappa shape index (κ1) is 11.8. The highest BCUT2D eigenvalue weighted by atomic mass is 19.1. The van der Waals surface area contributed by atoms with Crippen LogP contribution in [0, 0.1) is 11.2 Å². The molecule has 4 N–H and O–H groups in total. The molecule has 1 rings (SSSR count). The van der Waals surface area contributed by atoms with Gasteiger partial charge in [-0.05, 0) is 18.2 Å². The number of anilines is 2. The van der Waals surface area contributed by atoms with Crippen molar-refractivity contribution in [1.82, 2.24) is 0 Å². The maximum Gasteiger partial charge on any atom is 0.148 e. The van der Waals surface area contributed by atoms with Crippen LogP contribution in [0.3, 0.4) is 0 Å². The molecule has 0 aromatic heterocycles. The lowest BCUT2D eigenvalue weighted by Crippen LogP contribution is -2.27. The first-order valence-electron chi connectivity index (χ1n) is 4.84. The van der Waals surface area contributed by atoms with Gasteiger partial charge < -0.3 is 16.2 Å². The van der Waals surface area contributed by atoms with E-state index < -0.39 is 0 Å². The second kappa shape index (κ2) is 4.49. The monoisotopic (exact) mass is 212 g/mol. The van der Waals surface area contributed by atoms with Crippen LogP contribution >= 0.6 is 0 Å². The lowest BCUT2D eigenvalue weighted by molar-refractivity contribution is 0.170. The maximum absolute atomic E-state index is 13.3. The minimum atomic E-state index is -0.372. The highest BCUT2D eigenvalue weighted by Gasteiger charge is 2.16. The summed E-state index contributed by atoms with van der Waals surface area (Å²) in [6, 6.07) is 4.50. The SMILES string of the molecule is CC(C)(CO)CNc1ccc(N)cc1F. The molecule has 0 radical (unpaired) electrons. The Morgan fingerprint density at radius 3 is 2.67 bits per heavy atom. The Morgan fingerprint density at radius 1 is 1.47 bits per heavy atom. The molecule has 0 aliphatic heterocycles. The average Bonchev–Trinajstić information content (AvgIpc) is 2.16. The fourth-order valence-electron chi connectivity index (χ4n) is 1.07. The number of nitrogens with two attached hydrogens (primary N) is 1. The molecule has 4 heteroatoms. The first-order chi connectivity index (χ1) is 6.94. The summed E-state index contributed by atoms with van der Waals surface area (Å²) < 4.78 is 13.3. The van der Waals surface area contributed by atoms with E-state index >= 15 is 0 Å². The van der Waals surface area contributed by atoms with Crippen LogP contribution in [0.25, 0.3) is 0 Å². The van der Waals surface area contributed by atoms with Gasteiger partial charge in [0.2, 0.25) is 0 Å². The number of aliphatic hydroxyl groups excluding tert-OH is 1. The Labute approximate surface area is 89.1 Å². The summed E-state index contributed by atoms with van der Waals surface area (Å²) >= 11 is 0. The molecule has 15 heavy (non-hydrogen) atoms. The number of halogens is 1. The Hall–Kier alpha value is -1.29. The molecule has 0 amide bonds. The van der Waals surface area contributed by atoms with E-state index in [1.807, 2.05) is 13.8 Å². The van der Waals surface area contributed by atoms with Gasteiger partial charge >= 0.3 is 0 Å². The predicted molar refractivity (Wildman–Crippen MR) is 60.2 cm³/mol. The molecular formula is C11H17FN2O. The van der Waals surface area contributed by atoms with Crippen LogP contribution in [0.1, 0.15) is 13.8 Å². The van der Waals surface area contributed by atoms with Gasteiger partial charge in [-0.25, -0.2) is 4.39 Å². The van der Waals surface area contributed by atoms with E-state index in [4.69, 9.17) is 10.8 Å². The Kier molecular flexibility index (Phi) is 3.52. The van der Waals surface area contributed by atoms with Crippen molar-refractivity contribution in [1.29, 1.82) is 0 Å². The third-order valence-corrected chi connectivity index (χ3v) is 2.18. The molecule has 0 fully saturated rings. The van der Waals surface area contributed by atoms with Crippen molar-refractivity contribution in [2.24, 2.45) is 5.41 Å². The largest absolute Gasteiger partial charge is 0.399 e. The summed E-state index contributed by atoms with van der Waals surface area (Å²) in [6.45, 7) is 4.35. The number of rotatable bonds is 4. The molecule has 0 bridgehead atoms. The molecule has 0 saturated carbocycles. The minimum Gasteiger partial charge on any atom is -0.399 e. The van der Waals surface area contributed by atoms with E-state index in [9.17, 15) is 4.39 Å². The van der Waals surface area contributed by atoms with Crippen LogP contribution in [0.4, 0.5) is 15.8 Å². The number of nitrogen functional groups attached to an aromatic ring is 1. The van der Waals surface area contributed by atoms with Crippen molar-refractivity contribution in [2.75, 3.05) is 24.2 Å². The van der Waals surface area contributed by atoms with E-state index in [2.05, 4.69) is 5.32 Å². The molecule has 0 spiro atoms. The zero-order chi connectivity index (χ0) is 11.5. The van der Waals surface area contributed by atoms with Gasteiger partial charge in [0.1, 0.15) is 5.82 Å². The Morgan fingerprint density at radius 2 is 2.13 bits per heavy atom. The third kappa shape index (κ3) is 3.40. The molecule has 0 saturated heterocycles. The molecule has 0 unspecified atom stereocenters. The van der Waals surface area contributed by atoms with Crippen LogP contribution in [0.15, 0.2) is 18.2 Å². The number of aliphatic hydroxyl groups is 1. The fourth-order valence-corrected chi connectivity index (χ4v) is 1.07. The number of hydrogen-bond donors (Lipinski definition) is 3. The van der Waals surface area contributed by atoms with Crippen LogP contribution in [-0.2, 0) is 0 Å². The van der Waals surface area contributed by atoms with Gasteiger partial charge in [0.05, 0.1) is 5.69 Å². The fraction of sp³-hybridized carbons (Fsp3) is 0.455. The number of benzene rings is 1. The summed E-state index contributed by atoms with van der Waals surface area (Å²) in [5.41, 5.74) is 5.97. The highest BCUT2D eigenvalue weighted by molar-refractivity contribution is 5.52. The number of nitrogens with one attached hydrogen (secondary N) is 1. The van der Waals surface area contributed by atoms with Gasteiger partial charge in [-0.3, -0.25) is 0 Å². The van der Waals surface area contributed by atoms with E-state index in [1.165, 1.54) is 6.07 Å². The molecule has 0 aliphatic rings. The van der Waals surface area contributed by atoms with Gasteiger partial charge in [0, 0.05) is 24.3 Å². The molecule has 0 heterocycles. The number of hydrogen-bond acceptors (Lipinski definition) is 3. The highest BCUT2D eigenvalue weighted by Crippen LogP contribution is 2.20. The van der Waals surface area contributed by atoms with Crippen molar-refractivity contribution in [3.8, 4) is 0 Å². The van der Waals surface area contributed by atoms with Crippen LogP contribution in [0.2, 0.25) is 0 Å². The lowest BCUT2D eigenvalue weighted by atomic mass is 9.95. The van der Waals surface area contributed by atoms with Crippen molar-refractivity contribution in [3.63, 3.8) is 0 Å². The van der Waals surface area contributed by atoms with Gasteiger partial charge in [-0.15, -0.1) is 0 Å². The quantitative estimate of drug-likeness (QED) is 0.667. The molecule has 0 aliphatic carbocycles. The zero-order valence-corrected chi connectivity index (χ0v) is 9.05. The van der Waals surface area contributed by atoms with E-state index in [-0.39, 0.29) is 17.8 Å². The molecule has 84 valence electrons. The van der Waals surface area contributed by atoms with Crippen molar-refractivity contribution < 1.29 is 9.50 Å². The van der Waals surface area contributed by atoms with Gasteiger partial charge in [-0.2, -0.15) is 0 Å². The average molecular weight is 212 g/mol. The lowest BCUT2D eigenvalue weighted by Gasteiger charge is -2.22. The normalized spacial score (nSPS) is 11.5. The smallest absolute Gasteiger partial charge is 0.148 e. The molecule has 3 nitrogen and oxygen atoms in total. The Balaban J connectivity index is 2.66. The topological polar surface area (TPSA) is 58.3 Å².